The van der Waals surface area contributed by atoms with Crippen LogP contribution in [0.2, 0.25) is 0 Å². The number of aryl methyl sites for hydroxylation is 1. The molecule has 0 saturated carbocycles. The van der Waals surface area contributed by atoms with E-state index in [4.69, 9.17) is 14.2 Å². The number of methoxy groups -OCH3 is 2. The molecule has 0 saturated heterocycles. The van der Waals surface area contributed by atoms with Crippen LogP contribution < -0.4 is 19.5 Å². The van der Waals surface area contributed by atoms with Gasteiger partial charge < -0.3 is 19.5 Å². The summed E-state index contributed by atoms with van der Waals surface area (Å²) in [5.41, 5.74) is 4.08. The molecule has 0 radical (unpaired) electrons. The normalized spacial score (nSPS) is 14.7. The third kappa shape index (κ3) is 4.21. The van der Waals surface area contributed by atoms with Gasteiger partial charge in [-0.2, -0.15) is 14.9 Å². The number of hydrogen-bond acceptors (Lipinski definition) is 8. The van der Waals surface area contributed by atoms with Gasteiger partial charge in [-0.1, -0.05) is 6.07 Å². The number of nitrogens with one attached hydrogen (secondary N) is 1. The first-order chi connectivity index (χ1) is 17.5. The first-order valence-corrected chi connectivity index (χ1v) is 11.6. The summed E-state index contributed by atoms with van der Waals surface area (Å²) >= 11 is 0. The van der Waals surface area contributed by atoms with E-state index in [1.165, 1.54) is 0 Å². The number of rotatable bonds is 7. The average Bonchev–Trinajstić information content (AvgIpc) is 3.24. The Balaban J connectivity index is 1.57. The van der Waals surface area contributed by atoms with Gasteiger partial charge in [0.05, 0.1) is 38.4 Å². The van der Waals surface area contributed by atoms with Crippen molar-refractivity contribution >= 4 is 11.7 Å². The maximum atomic E-state index is 12.8. The van der Waals surface area contributed by atoms with Gasteiger partial charge in [-0.3, -0.25) is 4.79 Å². The second-order valence-corrected chi connectivity index (χ2v) is 8.28. The molecule has 3 heterocycles. The van der Waals surface area contributed by atoms with Gasteiger partial charge in [-0.25, -0.2) is 4.98 Å². The molecule has 0 bridgehead atoms. The van der Waals surface area contributed by atoms with Crippen LogP contribution in [0.5, 0.6) is 17.2 Å². The summed E-state index contributed by atoms with van der Waals surface area (Å²) in [5.74, 6) is 2.48. The molecule has 184 valence electrons. The van der Waals surface area contributed by atoms with Gasteiger partial charge in [0, 0.05) is 23.5 Å². The van der Waals surface area contributed by atoms with Gasteiger partial charge in [-0.15, -0.1) is 5.10 Å². The summed E-state index contributed by atoms with van der Waals surface area (Å²) < 4.78 is 18.0. The molecule has 10 heteroatoms. The molecule has 5 rings (SSSR count). The minimum atomic E-state index is -0.217. The van der Waals surface area contributed by atoms with Crippen molar-refractivity contribution in [1.29, 1.82) is 0 Å². The lowest BCUT2D eigenvalue weighted by molar-refractivity contribution is -0.116. The second-order valence-electron chi connectivity index (χ2n) is 8.28. The molecule has 2 aromatic heterocycles. The van der Waals surface area contributed by atoms with Crippen LogP contribution in [0.25, 0.3) is 17.2 Å². The van der Waals surface area contributed by atoms with Crippen molar-refractivity contribution in [3.8, 4) is 34.5 Å². The molecule has 36 heavy (non-hydrogen) atoms. The van der Waals surface area contributed by atoms with E-state index in [1.54, 1.807) is 25.1 Å². The first kappa shape index (κ1) is 23.3. The molecule has 0 spiro atoms. The Bertz CT molecular complexity index is 1420. The standard InChI is InChI=1S/C26H26N6O4/c1-5-36-22-12-17(8-11-21(22)35-4)19-13-23(33)29-25-24(19)15(2)31-32(25)26-28-20(14-27-30-26)16-6-9-18(34-3)10-7-16/h6-12,14,19H,5,13H2,1-4H3,(H,29,33)/t19-/m0/s1. The number of amides is 1. The summed E-state index contributed by atoms with van der Waals surface area (Å²) in [6.45, 7) is 4.33. The molecular formula is C26H26N6O4. The van der Waals surface area contributed by atoms with Gasteiger partial charge in [-0.05, 0) is 55.8 Å². The third-order valence-electron chi connectivity index (χ3n) is 6.12. The Morgan fingerprint density at radius 3 is 2.61 bits per heavy atom. The lowest BCUT2D eigenvalue weighted by Crippen LogP contribution is -2.25. The fourth-order valence-corrected chi connectivity index (χ4v) is 4.44. The average molecular weight is 487 g/mol. The Morgan fingerprint density at radius 1 is 1.08 bits per heavy atom. The Labute approximate surface area is 208 Å². The molecule has 4 aromatic rings. The highest BCUT2D eigenvalue weighted by Crippen LogP contribution is 2.42. The lowest BCUT2D eigenvalue weighted by Gasteiger charge is -2.25. The summed E-state index contributed by atoms with van der Waals surface area (Å²) in [4.78, 5) is 17.5. The van der Waals surface area contributed by atoms with Crippen LogP contribution in [0, 0.1) is 6.92 Å². The number of hydrogen-bond donors (Lipinski definition) is 1. The van der Waals surface area contributed by atoms with Crippen molar-refractivity contribution in [2.75, 3.05) is 26.1 Å². The van der Waals surface area contributed by atoms with E-state index in [-0.39, 0.29) is 24.2 Å². The fourth-order valence-electron chi connectivity index (χ4n) is 4.44. The predicted octanol–water partition coefficient (Wildman–Crippen LogP) is 3.92. The van der Waals surface area contributed by atoms with Crippen LogP contribution in [0.3, 0.4) is 0 Å². The van der Waals surface area contributed by atoms with Gasteiger partial charge in [0.15, 0.2) is 11.5 Å². The van der Waals surface area contributed by atoms with E-state index in [1.807, 2.05) is 56.3 Å². The molecule has 1 aliphatic heterocycles. The second kappa shape index (κ2) is 9.65. The molecule has 1 amide bonds. The number of carbonyl (C=O) groups is 1. The maximum absolute atomic E-state index is 12.8. The summed E-state index contributed by atoms with van der Waals surface area (Å²) in [7, 11) is 3.22. The number of fused-ring (bicyclic) bond motifs is 1. The zero-order chi connectivity index (χ0) is 25.2. The Morgan fingerprint density at radius 2 is 1.89 bits per heavy atom. The van der Waals surface area contributed by atoms with E-state index >= 15 is 0 Å². The van der Waals surface area contributed by atoms with Crippen LogP contribution in [0.4, 0.5) is 5.82 Å². The van der Waals surface area contributed by atoms with Crippen molar-refractivity contribution in [3.63, 3.8) is 0 Å². The maximum Gasteiger partial charge on any atom is 0.272 e. The molecule has 1 N–H and O–H groups in total. The number of nitrogens with zero attached hydrogens (tertiary/aromatic N) is 5. The smallest absolute Gasteiger partial charge is 0.272 e. The molecule has 1 atom stereocenters. The van der Waals surface area contributed by atoms with E-state index in [0.717, 1.165) is 28.1 Å². The minimum absolute atomic E-state index is 0.123. The summed E-state index contributed by atoms with van der Waals surface area (Å²) in [5, 5.41) is 16.0. The number of benzene rings is 2. The molecule has 0 unspecified atom stereocenters. The quantitative estimate of drug-likeness (QED) is 0.418. The van der Waals surface area contributed by atoms with Crippen LogP contribution in [0.1, 0.15) is 36.1 Å². The van der Waals surface area contributed by atoms with Gasteiger partial charge in [0.1, 0.15) is 11.6 Å². The molecule has 0 aliphatic carbocycles. The van der Waals surface area contributed by atoms with Crippen molar-refractivity contribution in [2.45, 2.75) is 26.2 Å². The number of aromatic nitrogens is 5. The van der Waals surface area contributed by atoms with E-state index in [0.29, 0.717) is 29.6 Å². The lowest BCUT2D eigenvalue weighted by atomic mass is 9.85. The van der Waals surface area contributed by atoms with Crippen LogP contribution in [0.15, 0.2) is 48.7 Å². The van der Waals surface area contributed by atoms with Crippen LogP contribution in [-0.4, -0.2) is 51.7 Å². The van der Waals surface area contributed by atoms with Gasteiger partial charge >= 0.3 is 0 Å². The third-order valence-corrected chi connectivity index (χ3v) is 6.12. The SMILES string of the molecule is CCOc1cc([C@@H]2CC(=O)Nc3c2c(C)nn3-c2nncc(-c3ccc(OC)cc3)n2)ccc1OC. The monoisotopic (exact) mass is 486 g/mol. The highest BCUT2D eigenvalue weighted by Gasteiger charge is 2.33. The molecule has 0 fully saturated rings. The zero-order valence-electron chi connectivity index (χ0n) is 20.5. The summed E-state index contributed by atoms with van der Waals surface area (Å²) in [6, 6.07) is 13.2. The highest BCUT2D eigenvalue weighted by molar-refractivity contribution is 5.95. The topological polar surface area (TPSA) is 113 Å². The fraction of sp³-hybridized carbons (Fsp3) is 0.269. The Hall–Kier alpha value is -4.47. The number of ether oxygens (including phenoxy) is 3. The Kier molecular flexibility index (Phi) is 6.24. The van der Waals surface area contributed by atoms with Crippen molar-refractivity contribution < 1.29 is 19.0 Å². The van der Waals surface area contributed by atoms with E-state index in [9.17, 15) is 4.79 Å². The number of anilines is 1. The van der Waals surface area contributed by atoms with E-state index in [2.05, 4.69) is 25.6 Å². The van der Waals surface area contributed by atoms with Gasteiger partial charge in [0.25, 0.3) is 5.95 Å². The minimum Gasteiger partial charge on any atom is -0.497 e. The predicted molar refractivity (Wildman–Crippen MR) is 133 cm³/mol. The first-order valence-electron chi connectivity index (χ1n) is 11.6. The van der Waals surface area contributed by atoms with E-state index < -0.39 is 0 Å². The largest absolute Gasteiger partial charge is 0.497 e. The number of carbonyl (C=O) groups excluding carboxylic acids is 1. The van der Waals surface area contributed by atoms with Crippen LogP contribution >= 0.6 is 0 Å². The zero-order valence-corrected chi connectivity index (χ0v) is 20.5. The van der Waals surface area contributed by atoms with Crippen LogP contribution in [-0.2, 0) is 4.79 Å². The summed E-state index contributed by atoms with van der Waals surface area (Å²) in [6.07, 6.45) is 1.87. The highest BCUT2D eigenvalue weighted by atomic mass is 16.5. The van der Waals surface area contributed by atoms with Crippen molar-refractivity contribution in [1.82, 2.24) is 25.0 Å². The molecular weight excluding hydrogens is 460 g/mol. The molecule has 1 aliphatic rings. The van der Waals surface area contributed by atoms with Gasteiger partial charge in [0.2, 0.25) is 5.91 Å². The van der Waals surface area contributed by atoms with Crippen molar-refractivity contribution in [2.24, 2.45) is 0 Å². The van der Waals surface area contributed by atoms with Crippen molar-refractivity contribution in [3.05, 3.63) is 65.5 Å². The molecule has 2 aromatic carbocycles. The molecule has 10 nitrogen and oxygen atoms in total.